The highest BCUT2D eigenvalue weighted by Crippen LogP contribution is 2.11. The Balaban J connectivity index is 0.00000312. The van der Waals surface area contributed by atoms with Crippen LogP contribution in [0.25, 0.3) is 0 Å². The van der Waals surface area contributed by atoms with Crippen LogP contribution >= 0.6 is 24.0 Å². The molecule has 0 saturated carbocycles. The van der Waals surface area contributed by atoms with E-state index >= 15 is 0 Å². The van der Waals surface area contributed by atoms with Crippen molar-refractivity contribution in [3.8, 4) is 0 Å². The topological polar surface area (TPSA) is 78.4 Å². The predicted octanol–water partition coefficient (Wildman–Crippen LogP) is 0.721. The largest absolute Gasteiger partial charge is 0.450 e. The molecule has 1 unspecified atom stereocenters. The van der Waals surface area contributed by atoms with Gasteiger partial charge in [0.2, 0.25) is 0 Å². The van der Waals surface area contributed by atoms with Gasteiger partial charge in [0, 0.05) is 45.8 Å². The van der Waals surface area contributed by atoms with Crippen LogP contribution in [0.3, 0.4) is 0 Å². The number of halogens is 1. The molecule has 2 heterocycles. The summed E-state index contributed by atoms with van der Waals surface area (Å²) in [6.07, 6.45) is 1.76. The molecule has 0 spiro atoms. The number of likely N-dealkylation sites (tertiary alicyclic amines) is 1. The van der Waals surface area contributed by atoms with Crippen LogP contribution in [0.2, 0.25) is 0 Å². The van der Waals surface area contributed by atoms with Crippen molar-refractivity contribution in [2.75, 3.05) is 60.0 Å². The molecule has 2 fully saturated rings. The Hall–Kier alpha value is -0.810. The van der Waals surface area contributed by atoms with Crippen molar-refractivity contribution in [3.63, 3.8) is 0 Å². The maximum Gasteiger partial charge on any atom is 0.409 e. The number of hydrogen-bond acceptors (Lipinski definition) is 5. The van der Waals surface area contributed by atoms with E-state index < -0.39 is 0 Å². The van der Waals surface area contributed by atoms with E-state index in [9.17, 15) is 4.79 Å². The Bertz CT molecular complexity index is 430. The molecule has 146 valence electrons. The van der Waals surface area contributed by atoms with Gasteiger partial charge in [-0.25, -0.2) is 4.79 Å². The van der Waals surface area contributed by atoms with Crippen molar-refractivity contribution in [3.05, 3.63) is 0 Å². The highest BCUT2D eigenvalue weighted by Gasteiger charge is 2.24. The second-order valence-electron chi connectivity index (χ2n) is 6.31. The number of likely N-dealkylation sites (N-methyl/N-ethyl adjacent to an activating group) is 1. The quantitative estimate of drug-likeness (QED) is 0.359. The number of rotatable bonds is 4. The number of morpholine rings is 1. The molecule has 2 aliphatic heterocycles. The van der Waals surface area contributed by atoms with Crippen LogP contribution in [0.5, 0.6) is 0 Å². The van der Waals surface area contributed by atoms with E-state index in [1.54, 1.807) is 11.9 Å². The molecule has 0 aromatic heterocycles. The molecule has 25 heavy (non-hydrogen) atoms. The van der Waals surface area contributed by atoms with Crippen molar-refractivity contribution in [1.82, 2.24) is 20.4 Å². The summed E-state index contributed by atoms with van der Waals surface area (Å²) in [5, 5.41) is 6.78. The summed E-state index contributed by atoms with van der Waals surface area (Å²) in [7, 11) is 3.89. The molecule has 2 rings (SSSR count). The maximum absolute atomic E-state index is 11.7. The SMILES string of the molecule is CCOC(=O)N1CCC(NC(=NC)NCC2CN(C)CCO2)CC1.I. The zero-order valence-corrected chi connectivity index (χ0v) is 17.8. The van der Waals surface area contributed by atoms with E-state index in [-0.39, 0.29) is 36.2 Å². The van der Waals surface area contributed by atoms with Gasteiger partial charge in [0.25, 0.3) is 0 Å². The van der Waals surface area contributed by atoms with E-state index in [0.29, 0.717) is 25.7 Å². The number of piperidine rings is 1. The maximum atomic E-state index is 11.7. The fourth-order valence-corrected chi connectivity index (χ4v) is 3.01. The number of guanidine groups is 1. The van der Waals surface area contributed by atoms with Crippen molar-refractivity contribution in [2.45, 2.75) is 31.9 Å². The lowest BCUT2D eigenvalue weighted by molar-refractivity contribution is -0.0161. The molecule has 0 bridgehead atoms. The van der Waals surface area contributed by atoms with Crippen molar-refractivity contribution < 1.29 is 14.3 Å². The fraction of sp³-hybridized carbons (Fsp3) is 0.875. The summed E-state index contributed by atoms with van der Waals surface area (Å²) in [5.74, 6) is 0.793. The molecule has 2 aliphatic rings. The summed E-state index contributed by atoms with van der Waals surface area (Å²) >= 11 is 0. The third kappa shape index (κ3) is 7.53. The van der Waals surface area contributed by atoms with Crippen LogP contribution in [-0.4, -0.2) is 94.0 Å². The van der Waals surface area contributed by atoms with Gasteiger partial charge in [-0.05, 0) is 26.8 Å². The number of hydrogen-bond donors (Lipinski definition) is 2. The molecule has 1 atom stereocenters. The molecule has 9 heteroatoms. The Kier molecular flexibility index (Phi) is 10.4. The molecule has 0 radical (unpaired) electrons. The van der Waals surface area contributed by atoms with Gasteiger partial charge in [-0.1, -0.05) is 0 Å². The van der Waals surface area contributed by atoms with Crippen LogP contribution < -0.4 is 10.6 Å². The van der Waals surface area contributed by atoms with Crippen LogP contribution in [0, 0.1) is 0 Å². The molecule has 2 saturated heterocycles. The Morgan fingerprint density at radius 3 is 2.64 bits per heavy atom. The summed E-state index contributed by atoms with van der Waals surface area (Å²) in [6, 6.07) is 0.317. The first-order valence-electron chi connectivity index (χ1n) is 8.81. The minimum Gasteiger partial charge on any atom is -0.450 e. The van der Waals surface area contributed by atoms with Crippen LogP contribution in [0.1, 0.15) is 19.8 Å². The van der Waals surface area contributed by atoms with Gasteiger partial charge in [-0.15, -0.1) is 24.0 Å². The molecule has 1 amide bonds. The first-order chi connectivity index (χ1) is 11.6. The van der Waals surface area contributed by atoms with E-state index in [0.717, 1.165) is 45.0 Å². The summed E-state index contributed by atoms with van der Waals surface area (Å²) < 4.78 is 10.8. The first kappa shape index (κ1) is 22.2. The number of nitrogens with one attached hydrogen (secondary N) is 2. The second kappa shape index (κ2) is 11.7. The molecule has 0 aromatic rings. The van der Waals surface area contributed by atoms with Crippen LogP contribution in [0.4, 0.5) is 4.79 Å². The zero-order chi connectivity index (χ0) is 17.4. The van der Waals surface area contributed by atoms with Crippen molar-refractivity contribution >= 4 is 36.0 Å². The smallest absolute Gasteiger partial charge is 0.409 e. The fourth-order valence-electron chi connectivity index (χ4n) is 3.01. The lowest BCUT2D eigenvalue weighted by atomic mass is 10.1. The number of carbonyl (C=O) groups is 1. The van der Waals surface area contributed by atoms with Crippen LogP contribution in [-0.2, 0) is 9.47 Å². The Morgan fingerprint density at radius 2 is 2.04 bits per heavy atom. The standard InChI is InChI=1S/C16H31N5O3.HI/c1-4-23-16(22)21-7-5-13(6-8-21)19-15(17-2)18-11-14-12-20(3)9-10-24-14;/h13-14H,4-12H2,1-3H3,(H2,17,18,19);1H. The summed E-state index contributed by atoms with van der Waals surface area (Å²) in [5.41, 5.74) is 0. The van der Waals surface area contributed by atoms with Gasteiger partial charge < -0.3 is 29.9 Å². The normalized spacial score (nSPS) is 22.9. The minimum absolute atomic E-state index is 0. The van der Waals surface area contributed by atoms with E-state index in [1.165, 1.54) is 0 Å². The van der Waals surface area contributed by atoms with Gasteiger partial charge >= 0.3 is 6.09 Å². The van der Waals surface area contributed by atoms with Gasteiger partial charge in [-0.2, -0.15) is 0 Å². The highest BCUT2D eigenvalue weighted by molar-refractivity contribution is 14.0. The monoisotopic (exact) mass is 469 g/mol. The average molecular weight is 469 g/mol. The summed E-state index contributed by atoms with van der Waals surface area (Å²) in [6.45, 7) is 7.12. The Labute approximate surface area is 167 Å². The number of aliphatic imine (C=N–C) groups is 1. The van der Waals surface area contributed by atoms with Gasteiger partial charge in [0.15, 0.2) is 5.96 Å². The number of nitrogens with zero attached hydrogens (tertiary/aromatic N) is 3. The minimum atomic E-state index is -0.211. The van der Waals surface area contributed by atoms with Gasteiger partial charge in [0.05, 0.1) is 19.3 Å². The lowest BCUT2D eigenvalue weighted by Gasteiger charge is -2.33. The molecule has 2 N–H and O–H groups in total. The first-order valence-corrected chi connectivity index (χ1v) is 8.81. The Morgan fingerprint density at radius 1 is 1.32 bits per heavy atom. The van der Waals surface area contributed by atoms with Gasteiger partial charge in [-0.3, -0.25) is 4.99 Å². The molecular formula is C16H32IN5O3. The van der Waals surface area contributed by atoms with E-state index in [2.05, 4.69) is 27.6 Å². The van der Waals surface area contributed by atoms with Crippen LogP contribution in [0.15, 0.2) is 4.99 Å². The number of ether oxygens (including phenoxy) is 2. The number of amides is 1. The zero-order valence-electron chi connectivity index (χ0n) is 15.5. The summed E-state index contributed by atoms with van der Waals surface area (Å²) in [4.78, 5) is 20.0. The molecule has 0 aromatic carbocycles. The third-order valence-electron chi connectivity index (χ3n) is 4.42. The molecule has 8 nitrogen and oxygen atoms in total. The predicted molar refractivity (Wildman–Crippen MR) is 109 cm³/mol. The molecular weight excluding hydrogens is 437 g/mol. The average Bonchev–Trinajstić information content (AvgIpc) is 2.59. The van der Waals surface area contributed by atoms with Crippen molar-refractivity contribution in [2.24, 2.45) is 4.99 Å². The van der Waals surface area contributed by atoms with E-state index in [4.69, 9.17) is 9.47 Å². The lowest BCUT2D eigenvalue weighted by Crippen LogP contribution is -2.52. The third-order valence-corrected chi connectivity index (χ3v) is 4.42. The van der Waals surface area contributed by atoms with Gasteiger partial charge in [0.1, 0.15) is 0 Å². The van der Waals surface area contributed by atoms with E-state index in [1.807, 2.05) is 6.92 Å². The molecule has 0 aliphatic carbocycles. The number of carbonyl (C=O) groups excluding carboxylic acids is 1. The highest BCUT2D eigenvalue weighted by atomic mass is 127. The second-order valence-corrected chi connectivity index (χ2v) is 6.31. The van der Waals surface area contributed by atoms with Crippen molar-refractivity contribution in [1.29, 1.82) is 0 Å².